The van der Waals surface area contributed by atoms with Gasteiger partial charge in [0.2, 0.25) is 0 Å². The van der Waals surface area contributed by atoms with E-state index in [-0.39, 0.29) is 12.4 Å². The van der Waals surface area contributed by atoms with Gasteiger partial charge in [-0.3, -0.25) is 14.9 Å². The van der Waals surface area contributed by atoms with Gasteiger partial charge in [-0.1, -0.05) is 0 Å². The van der Waals surface area contributed by atoms with Crippen LogP contribution in [-0.4, -0.2) is 40.2 Å². The number of methoxy groups -OCH3 is 1. The predicted octanol–water partition coefficient (Wildman–Crippen LogP) is 3.05. The molecule has 0 amide bonds. The van der Waals surface area contributed by atoms with Crippen molar-refractivity contribution >= 4 is 34.6 Å². The number of hydrogen-bond donors (Lipinski definition) is 1. The van der Waals surface area contributed by atoms with Crippen LogP contribution in [-0.2, 0) is 25.5 Å². The standard InChI is InChI=1S/C19H25N3O4S2/c1-11-8-20-15(28-11)14-13(16(23)25-5)7-19(22-14,6-12-9-27-10-21-12)17(24)26-18(2,3)4/h8-10,13-14,22H,6-7H2,1-5H3/t13-,14+,19-/m0/s1. The van der Waals surface area contributed by atoms with Crippen molar-refractivity contribution in [2.45, 2.75) is 57.7 Å². The topological polar surface area (TPSA) is 90.4 Å². The number of hydrogen-bond acceptors (Lipinski definition) is 9. The van der Waals surface area contributed by atoms with Gasteiger partial charge in [-0.05, 0) is 34.1 Å². The molecule has 0 saturated carbocycles. The summed E-state index contributed by atoms with van der Waals surface area (Å²) in [5, 5.41) is 6.06. The SMILES string of the molecule is COC(=O)[C@H]1C[C@@](Cc2cscn2)(C(=O)OC(C)(C)C)N[C@H]1c1ncc(C)s1. The molecule has 0 bridgehead atoms. The average molecular weight is 424 g/mol. The molecule has 0 spiro atoms. The summed E-state index contributed by atoms with van der Waals surface area (Å²) in [6, 6.07) is -0.419. The van der Waals surface area contributed by atoms with Crippen molar-refractivity contribution in [3.8, 4) is 0 Å². The number of aromatic nitrogens is 2. The quantitative estimate of drug-likeness (QED) is 0.739. The van der Waals surface area contributed by atoms with Gasteiger partial charge in [0.25, 0.3) is 0 Å². The number of nitrogens with one attached hydrogen (secondary N) is 1. The second-order valence-electron chi connectivity index (χ2n) is 8.01. The maximum absolute atomic E-state index is 13.3. The van der Waals surface area contributed by atoms with E-state index in [2.05, 4.69) is 15.3 Å². The molecule has 2 aromatic heterocycles. The van der Waals surface area contributed by atoms with Crippen molar-refractivity contribution in [3.63, 3.8) is 0 Å². The van der Waals surface area contributed by atoms with E-state index in [0.29, 0.717) is 6.42 Å². The molecule has 1 N–H and O–H groups in total. The molecule has 28 heavy (non-hydrogen) atoms. The summed E-state index contributed by atoms with van der Waals surface area (Å²) in [5.74, 6) is -1.30. The molecule has 1 saturated heterocycles. The van der Waals surface area contributed by atoms with Gasteiger partial charge >= 0.3 is 11.9 Å². The van der Waals surface area contributed by atoms with Gasteiger partial charge in [0.1, 0.15) is 16.1 Å². The molecule has 0 aromatic carbocycles. The van der Waals surface area contributed by atoms with E-state index in [4.69, 9.17) is 9.47 Å². The number of thiazole rings is 2. The van der Waals surface area contributed by atoms with Crippen LogP contribution in [0.3, 0.4) is 0 Å². The minimum atomic E-state index is -1.08. The number of carbonyl (C=O) groups excluding carboxylic acids is 2. The second-order valence-corrected chi connectivity index (χ2v) is 9.99. The van der Waals surface area contributed by atoms with E-state index < -0.39 is 29.1 Å². The smallest absolute Gasteiger partial charge is 0.327 e. The number of nitrogens with zero attached hydrogens (tertiary/aromatic N) is 2. The molecule has 2 aromatic rings. The first-order valence-corrected chi connectivity index (χ1v) is 10.8. The monoisotopic (exact) mass is 423 g/mol. The fourth-order valence-corrected chi connectivity index (χ4v) is 4.87. The lowest BCUT2D eigenvalue weighted by Gasteiger charge is -2.31. The molecule has 3 heterocycles. The Hall–Kier alpha value is -1.84. The molecule has 9 heteroatoms. The Kier molecular flexibility index (Phi) is 5.88. The summed E-state index contributed by atoms with van der Waals surface area (Å²) in [5.41, 5.74) is 0.782. The molecule has 3 atom stereocenters. The first-order chi connectivity index (χ1) is 13.1. The molecule has 1 fully saturated rings. The van der Waals surface area contributed by atoms with Gasteiger partial charge in [-0.25, -0.2) is 9.97 Å². The van der Waals surface area contributed by atoms with E-state index in [1.54, 1.807) is 11.7 Å². The van der Waals surface area contributed by atoms with Crippen LogP contribution in [0.1, 0.15) is 48.8 Å². The summed E-state index contributed by atoms with van der Waals surface area (Å²) in [6.07, 6.45) is 2.36. The van der Waals surface area contributed by atoms with Crippen LogP contribution in [0.25, 0.3) is 0 Å². The zero-order valence-corrected chi connectivity index (χ0v) is 18.3. The van der Waals surface area contributed by atoms with Gasteiger partial charge in [0.15, 0.2) is 0 Å². The van der Waals surface area contributed by atoms with E-state index in [0.717, 1.165) is 15.6 Å². The summed E-state index contributed by atoms with van der Waals surface area (Å²) in [4.78, 5) is 35.6. The largest absolute Gasteiger partial charge is 0.469 e. The number of aryl methyl sites for hydroxylation is 1. The van der Waals surface area contributed by atoms with E-state index in [1.165, 1.54) is 29.8 Å². The van der Waals surface area contributed by atoms with Gasteiger partial charge in [-0.15, -0.1) is 22.7 Å². The maximum Gasteiger partial charge on any atom is 0.327 e. The summed E-state index contributed by atoms with van der Waals surface area (Å²) < 4.78 is 10.8. The lowest BCUT2D eigenvalue weighted by molar-refractivity contribution is -0.163. The highest BCUT2D eigenvalue weighted by Crippen LogP contribution is 2.42. The summed E-state index contributed by atoms with van der Waals surface area (Å²) in [7, 11) is 1.36. The van der Waals surface area contributed by atoms with Crippen molar-refractivity contribution in [2.24, 2.45) is 5.92 Å². The van der Waals surface area contributed by atoms with Gasteiger partial charge < -0.3 is 9.47 Å². The minimum absolute atomic E-state index is 0.259. The lowest BCUT2D eigenvalue weighted by atomic mass is 9.87. The van der Waals surface area contributed by atoms with E-state index >= 15 is 0 Å². The van der Waals surface area contributed by atoms with Gasteiger partial charge in [-0.2, -0.15) is 0 Å². The van der Waals surface area contributed by atoms with Gasteiger partial charge in [0.05, 0.1) is 30.3 Å². The molecule has 7 nitrogen and oxygen atoms in total. The Balaban J connectivity index is 2.00. The Morgan fingerprint density at radius 1 is 1.36 bits per heavy atom. The van der Waals surface area contributed by atoms with E-state index in [9.17, 15) is 9.59 Å². The highest BCUT2D eigenvalue weighted by molar-refractivity contribution is 7.11. The van der Waals surface area contributed by atoms with Crippen LogP contribution in [0.4, 0.5) is 0 Å². The molecular weight excluding hydrogens is 398 g/mol. The summed E-state index contributed by atoms with van der Waals surface area (Å²) >= 11 is 2.97. The maximum atomic E-state index is 13.3. The predicted molar refractivity (Wildman–Crippen MR) is 107 cm³/mol. The van der Waals surface area contributed by atoms with Crippen molar-refractivity contribution < 1.29 is 19.1 Å². The second kappa shape index (κ2) is 7.88. The van der Waals surface area contributed by atoms with Crippen molar-refractivity contribution in [2.75, 3.05) is 7.11 Å². The first kappa shape index (κ1) is 20.9. The van der Waals surface area contributed by atoms with Gasteiger partial charge in [0, 0.05) is 22.9 Å². The Morgan fingerprint density at radius 2 is 2.11 bits per heavy atom. The minimum Gasteiger partial charge on any atom is -0.469 e. The molecule has 3 rings (SSSR count). The normalized spacial score (nSPS) is 24.9. The molecule has 1 aliphatic heterocycles. The third-order valence-corrected chi connectivity index (χ3v) is 6.20. The number of esters is 2. The Morgan fingerprint density at radius 3 is 2.64 bits per heavy atom. The fraction of sp³-hybridized carbons (Fsp3) is 0.579. The zero-order chi connectivity index (χ0) is 20.5. The average Bonchev–Trinajstić information content (AvgIpc) is 3.33. The highest BCUT2D eigenvalue weighted by atomic mass is 32.1. The zero-order valence-electron chi connectivity index (χ0n) is 16.6. The molecule has 0 radical (unpaired) electrons. The summed E-state index contributed by atoms with van der Waals surface area (Å²) in [6.45, 7) is 7.45. The number of rotatable bonds is 5. The first-order valence-electron chi connectivity index (χ1n) is 9.02. The van der Waals surface area contributed by atoms with Crippen molar-refractivity contribution in [1.29, 1.82) is 0 Å². The van der Waals surface area contributed by atoms with Crippen LogP contribution < -0.4 is 5.32 Å². The fourth-order valence-electron chi connectivity index (χ4n) is 3.42. The van der Waals surface area contributed by atoms with Crippen LogP contribution in [0.15, 0.2) is 17.1 Å². The molecular formula is C19H25N3O4S2. The van der Waals surface area contributed by atoms with Crippen LogP contribution in [0.5, 0.6) is 0 Å². The highest BCUT2D eigenvalue weighted by Gasteiger charge is 2.55. The number of ether oxygens (including phenoxy) is 2. The Bertz CT molecular complexity index is 844. The third kappa shape index (κ3) is 4.42. The van der Waals surface area contributed by atoms with Crippen molar-refractivity contribution in [3.05, 3.63) is 32.7 Å². The van der Waals surface area contributed by atoms with E-state index in [1.807, 2.05) is 33.1 Å². The number of carbonyl (C=O) groups is 2. The van der Waals surface area contributed by atoms with Crippen LogP contribution in [0, 0.1) is 12.8 Å². The van der Waals surface area contributed by atoms with Crippen LogP contribution in [0.2, 0.25) is 0 Å². The molecule has 0 aliphatic carbocycles. The van der Waals surface area contributed by atoms with Crippen molar-refractivity contribution in [1.82, 2.24) is 15.3 Å². The lowest BCUT2D eigenvalue weighted by Crippen LogP contribution is -2.52. The molecule has 152 valence electrons. The third-order valence-electron chi connectivity index (χ3n) is 4.57. The molecule has 1 aliphatic rings. The molecule has 0 unspecified atom stereocenters. The Labute approximate surface area is 172 Å². The van der Waals surface area contributed by atoms with Crippen LogP contribution >= 0.6 is 22.7 Å².